The number of hydrogen-bond donors (Lipinski definition) is 0. The normalized spacial score (nSPS) is 28.3. The van der Waals surface area contributed by atoms with Crippen molar-refractivity contribution in [3.05, 3.63) is 23.8 Å². The van der Waals surface area contributed by atoms with E-state index in [1.54, 1.807) is 4.90 Å². The van der Waals surface area contributed by atoms with Gasteiger partial charge in [-0.1, -0.05) is 24.8 Å². The molecule has 1 aromatic rings. The van der Waals surface area contributed by atoms with Gasteiger partial charge < -0.3 is 0 Å². The molecule has 2 heterocycles. The Kier molecular flexibility index (Phi) is 3.13. The van der Waals surface area contributed by atoms with E-state index in [1.165, 1.54) is 4.90 Å². The number of carbonyl (C=O) groups excluding carboxylic acids is 3. The van der Waals surface area contributed by atoms with Gasteiger partial charge in [-0.15, -0.1) is 6.42 Å². The van der Waals surface area contributed by atoms with Crippen molar-refractivity contribution in [1.29, 1.82) is 0 Å². The molecule has 0 aromatic heterocycles. The van der Waals surface area contributed by atoms with E-state index in [4.69, 9.17) is 6.42 Å². The summed E-state index contributed by atoms with van der Waals surface area (Å²) in [5, 5.41) is 0. The molecule has 2 atom stereocenters. The van der Waals surface area contributed by atoms with Gasteiger partial charge in [0.15, 0.2) is 0 Å². The van der Waals surface area contributed by atoms with Crippen LogP contribution in [-0.4, -0.2) is 24.3 Å². The summed E-state index contributed by atoms with van der Waals surface area (Å²) in [7, 11) is 0. The number of fused-ring (bicyclic) bond motifs is 3. The van der Waals surface area contributed by atoms with Gasteiger partial charge in [0.25, 0.3) is 0 Å². The van der Waals surface area contributed by atoms with Crippen LogP contribution >= 0.6 is 0 Å². The third kappa shape index (κ3) is 1.85. The summed E-state index contributed by atoms with van der Waals surface area (Å²) in [6.07, 6.45) is 10.7. The van der Waals surface area contributed by atoms with Crippen LogP contribution in [0.5, 0.6) is 0 Å². The topological polar surface area (TPSA) is 57.7 Å². The highest BCUT2D eigenvalue weighted by molar-refractivity contribution is 6.22. The van der Waals surface area contributed by atoms with E-state index in [-0.39, 0.29) is 36.1 Å². The zero-order valence-electron chi connectivity index (χ0n) is 14.5. The Morgan fingerprint density at radius 1 is 1.08 bits per heavy atom. The standard InChI is InChI=1S/C21H20N2O3/c1-2-11-22-17-12-13(7-8-16(17)21(9-10-21)20(22)26)23-18(24)14-5-3-4-6-15(14)19(23)25/h1,7-8,12,14-15H,3-6,9-11H2. The van der Waals surface area contributed by atoms with Crippen molar-refractivity contribution >= 4 is 29.1 Å². The van der Waals surface area contributed by atoms with E-state index in [0.717, 1.165) is 49.8 Å². The second kappa shape index (κ2) is 5.20. The van der Waals surface area contributed by atoms with Crippen molar-refractivity contribution in [3.63, 3.8) is 0 Å². The van der Waals surface area contributed by atoms with E-state index in [0.29, 0.717) is 5.69 Å². The summed E-state index contributed by atoms with van der Waals surface area (Å²) >= 11 is 0. The maximum Gasteiger partial charge on any atom is 0.238 e. The number of imide groups is 1. The molecule has 0 N–H and O–H groups in total. The van der Waals surface area contributed by atoms with Crippen molar-refractivity contribution in [2.75, 3.05) is 16.3 Å². The van der Waals surface area contributed by atoms with Crippen LogP contribution in [0.2, 0.25) is 0 Å². The molecule has 0 radical (unpaired) electrons. The third-order valence-corrected chi connectivity index (χ3v) is 6.54. The maximum atomic E-state index is 12.9. The lowest BCUT2D eigenvalue weighted by atomic mass is 9.81. The number of terminal acetylenes is 1. The number of amides is 3. The molecule has 26 heavy (non-hydrogen) atoms. The molecule has 1 spiro atoms. The van der Waals surface area contributed by atoms with Crippen molar-refractivity contribution in [2.24, 2.45) is 11.8 Å². The molecule has 2 aliphatic carbocycles. The van der Waals surface area contributed by atoms with Crippen molar-refractivity contribution in [1.82, 2.24) is 0 Å². The Labute approximate surface area is 152 Å². The maximum absolute atomic E-state index is 12.9. The molecule has 2 unspecified atom stereocenters. The summed E-state index contributed by atoms with van der Waals surface area (Å²) in [5.74, 6) is 2.07. The average Bonchev–Trinajstić information content (AvgIpc) is 3.38. The van der Waals surface area contributed by atoms with Gasteiger partial charge in [0.1, 0.15) is 0 Å². The number of nitrogens with zero attached hydrogens (tertiary/aromatic N) is 2. The Morgan fingerprint density at radius 3 is 2.31 bits per heavy atom. The molecule has 4 aliphatic rings. The van der Waals surface area contributed by atoms with Crippen LogP contribution in [0.4, 0.5) is 11.4 Å². The van der Waals surface area contributed by atoms with E-state index >= 15 is 0 Å². The van der Waals surface area contributed by atoms with Gasteiger partial charge in [-0.05, 0) is 43.4 Å². The number of anilines is 2. The summed E-state index contributed by atoms with van der Waals surface area (Å²) < 4.78 is 0. The van der Waals surface area contributed by atoms with Gasteiger partial charge in [-0.2, -0.15) is 0 Å². The molecule has 3 fully saturated rings. The van der Waals surface area contributed by atoms with Crippen LogP contribution in [0, 0.1) is 24.2 Å². The van der Waals surface area contributed by atoms with Gasteiger partial charge in [0.2, 0.25) is 17.7 Å². The fourth-order valence-electron chi connectivity index (χ4n) is 5.04. The number of rotatable bonds is 2. The smallest absolute Gasteiger partial charge is 0.238 e. The summed E-state index contributed by atoms with van der Waals surface area (Å²) in [5.41, 5.74) is 1.90. The number of carbonyl (C=O) groups is 3. The second-order valence-corrected chi connectivity index (χ2v) is 7.89. The Hall–Kier alpha value is -2.61. The van der Waals surface area contributed by atoms with Crippen LogP contribution in [0.1, 0.15) is 44.1 Å². The van der Waals surface area contributed by atoms with Crippen molar-refractivity contribution < 1.29 is 14.4 Å². The van der Waals surface area contributed by atoms with Crippen molar-refractivity contribution in [2.45, 2.75) is 43.9 Å². The van der Waals surface area contributed by atoms with Crippen molar-refractivity contribution in [3.8, 4) is 12.3 Å². The van der Waals surface area contributed by atoms with Crippen LogP contribution in [-0.2, 0) is 19.8 Å². The molecule has 1 saturated heterocycles. The van der Waals surface area contributed by atoms with E-state index < -0.39 is 5.41 Å². The minimum absolute atomic E-state index is 0.0512. The van der Waals surface area contributed by atoms with Crippen LogP contribution in [0.15, 0.2) is 18.2 Å². The first-order chi connectivity index (χ1) is 12.6. The first-order valence-electron chi connectivity index (χ1n) is 9.36. The summed E-state index contributed by atoms with van der Waals surface area (Å²) in [6.45, 7) is 0.212. The van der Waals surface area contributed by atoms with E-state index in [1.807, 2.05) is 18.2 Å². The highest BCUT2D eigenvalue weighted by atomic mass is 16.2. The molecule has 2 saturated carbocycles. The minimum Gasteiger partial charge on any atom is -0.300 e. The lowest BCUT2D eigenvalue weighted by molar-refractivity contribution is -0.122. The summed E-state index contributed by atoms with van der Waals surface area (Å²) in [4.78, 5) is 41.5. The Balaban J connectivity index is 1.56. The lowest BCUT2D eigenvalue weighted by Gasteiger charge is -2.19. The summed E-state index contributed by atoms with van der Waals surface area (Å²) in [6, 6.07) is 5.54. The number of benzene rings is 1. The van der Waals surface area contributed by atoms with Gasteiger partial charge in [-0.3, -0.25) is 19.3 Å². The Morgan fingerprint density at radius 2 is 1.73 bits per heavy atom. The molecule has 132 valence electrons. The third-order valence-electron chi connectivity index (χ3n) is 6.54. The monoisotopic (exact) mass is 348 g/mol. The highest BCUT2D eigenvalue weighted by Gasteiger charge is 2.59. The zero-order chi connectivity index (χ0) is 18.1. The van der Waals surface area contributed by atoms with Gasteiger partial charge in [0, 0.05) is 0 Å². The zero-order valence-corrected chi connectivity index (χ0v) is 14.5. The fraction of sp³-hybridized carbons (Fsp3) is 0.476. The largest absolute Gasteiger partial charge is 0.300 e. The fourth-order valence-corrected chi connectivity index (χ4v) is 5.04. The van der Waals surface area contributed by atoms with E-state index in [2.05, 4.69) is 5.92 Å². The lowest BCUT2D eigenvalue weighted by Crippen LogP contribution is -2.32. The van der Waals surface area contributed by atoms with Crippen LogP contribution < -0.4 is 9.80 Å². The van der Waals surface area contributed by atoms with Gasteiger partial charge >= 0.3 is 0 Å². The molecular formula is C21H20N2O3. The highest BCUT2D eigenvalue weighted by Crippen LogP contribution is 2.58. The molecule has 1 aromatic carbocycles. The molecule has 3 amide bonds. The first-order valence-corrected chi connectivity index (χ1v) is 9.36. The molecule has 5 nitrogen and oxygen atoms in total. The molecule has 0 bridgehead atoms. The predicted octanol–water partition coefficient (Wildman–Crippen LogP) is 2.38. The van der Waals surface area contributed by atoms with Gasteiger partial charge in [0.05, 0.1) is 35.2 Å². The second-order valence-electron chi connectivity index (χ2n) is 7.89. The molecule has 2 aliphatic heterocycles. The van der Waals surface area contributed by atoms with Crippen LogP contribution in [0.25, 0.3) is 0 Å². The first kappa shape index (κ1) is 15.6. The quantitative estimate of drug-likeness (QED) is 0.609. The van der Waals surface area contributed by atoms with Gasteiger partial charge in [-0.25, -0.2) is 4.90 Å². The molecule has 5 heteroatoms. The molecular weight excluding hydrogens is 328 g/mol. The Bertz CT molecular complexity index is 869. The number of hydrogen-bond acceptors (Lipinski definition) is 3. The minimum atomic E-state index is -0.419. The predicted molar refractivity (Wildman–Crippen MR) is 96.5 cm³/mol. The molecule has 5 rings (SSSR count). The van der Waals surface area contributed by atoms with Crippen LogP contribution in [0.3, 0.4) is 0 Å². The van der Waals surface area contributed by atoms with E-state index in [9.17, 15) is 14.4 Å². The SMILES string of the molecule is C#CCN1C(=O)C2(CC2)c2ccc(N3C(=O)C4CCCCC4C3=O)cc21. The average molecular weight is 348 g/mol.